The van der Waals surface area contributed by atoms with Gasteiger partial charge in [0.2, 0.25) is 0 Å². The maximum absolute atomic E-state index is 13.0. The molecule has 5 nitrogen and oxygen atoms in total. The van der Waals surface area contributed by atoms with Gasteiger partial charge >= 0.3 is 5.97 Å². The monoisotopic (exact) mass is 269 g/mol. The van der Waals surface area contributed by atoms with Crippen LogP contribution >= 0.6 is 11.6 Å². The summed E-state index contributed by atoms with van der Waals surface area (Å²) in [5.41, 5.74) is 0.585. The number of halogens is 2. The van der Waals surface area contributed by atoms with E-state index in [1.54, 1.807) is 6.92 Å². The van der Waals surface area contributed by atoms with Gasteiger partial charge in [0.05, 0.1) is 23.5 Å². The summed E-state index contributed by atoms with van der Waals surface area (Å²) < 4.78 is 19.1. The van der Waals surface area contributed by atoms with Crippen LogP contribution < -0.4 is 0 Å². The molecule has 0 aliphatic rings. The first-order valence-corrected chi connectivity index (χ1v) is 5.54. The predicted octanol–water partition coefficient (Wildman–Crippen LogP) is 2.24. The van der Waals surface area contributed by atoms with Crippen molar-refractivity contribution in [1.82, 2.24) is 15.0 Å². The molecule has 0 saturated heterocycles. The number of rotatable bonds is 3. The summed E-state index contributed by atoms with van der Waals surface area (Å²) >= 11 is 5.65. The second-order valence-electron chi connectivity index (χ2n) is 3.37. The van der Waals surface area contributed by atoms with Crippen molar-refractivity contribution in [2.75, 3.05) is 6.61 Å². The molecule has 7 heteroatoms. The summed E-state index contributed by atoms with van der Waals surface area (Å²) in [6, 6.07) is 4.08. The summed E-state index contributed by atoms with van der Waals surface area (Å²) in [5.74, 6) is -1.08. The van der Waals surface area contributed by atoms with Crippen molar-refractivity contribution in [1.29, 1.82) is 0 Å². The molecule has 94 valence electrons. The van der Waals surface area contributed by atoms with Crippen LogP contribution in [0.15, 0.2) is 24.4 Å². The van der Waals surface area contributed by atoms with E-state index in [0.717, 1.165) is 0 Å². The van der Waals surface area contributed by atoms with Gasteiger partial charge in [0.15, 0.2) is 5.69 Å². The highest BCUT2D eigenvalue weighted by Gasteiger charge is 2.12. The Morgan fingerprint density at radius 2 is 2.33 bits per heavy atom. The Morgan fingerprint density at radius 3 is 3.00 bits per heavy atom. The number of carbonyl (C=O) groups is 1. The number of ether oxygens (including phenoxy) is 1. The zero-order valence-electron chi connectivity index (χ0n) is 9.43. The Hall–Kier alpha value is -1.95. The zero-order valence-corrected chi connectivity index (χ0v) is 10.2. The molecule has 18 heavy (non-hydrogen) atoms. The second-order valence-corrected chi connectivity index (χ2v) is 3.77. The minimum absolute atomic E-state index is 0.0271. The molecule has 0 saturated carbocycles. The maximum atomic E-state index is 13.0. The summed E-state index contributed by atoms with van der Waals surface area (Å²) in [6.45, 7) is 1.95. The average Bonchev–Trinajstić information content (AvgIpc) is 2.82. The largest absolute Gasteiger partial charge is 0.461 e. The summed E-state index contributed by atoms with van der Waals surface area (Å²) in [5, 5.41) is 7.38. The van der Waals surface area contributed by atoms with E-state index in [0.29, 0.717) is 5.69 Å². The van der Waals surface area contributed by atoms with Crippen molar-refractivity contribution >= 4 is 17.6 Å². The van der Waals surface area contributed by atoms with Gasteiger partial charge in [-0.25, -0.2) is 13.9 Å². The van der Waals surface area contributed by atoms with Gasteiger partial charge in [-0.05, 0) is 25.1 Å². The normalized spacial score (nSPS) is 10.4. The lowest BCUT2D eigenvalue weighted by atomic mass is 10.3. The molecule has 0 fully saturated rings. The van der Waals surface area contributed by atoms with E-state index in [9.17, 15) is 9.18 Å². The van der Waals surface area contributed by atoms with Gasteiger partial charge in [-0.1, -0.05) is 16.8 Å². The van der Waals surface area contributed by atoms with Gasteiger partial charge in [0.25, 0.3) is 0 Å². The fourth-order valence-corrected chi connectivity index (χ4v) is 1.49. The SMILES string of the molecule is CCOC(=O)c1cn(-c2ccc(F)c(Cl)c2)nn1. The number of nitrogens with zero attached hydrogens (tertiary/aromatic N) is 3. The number of benzene rings is 1. The maximum Gasteiger partial charge on any atom is 0.360 e. The van der Waals surface area contributed by atoms with Crippen molar-refractivity contribution in [3.8, 4) is 5.69 Å². The Balaban J connectivity index is 2.29. The molecule has 0 unspecified atom stereocenters. The van der Waals surface area contributed by atoms with Gasteiger partial charge in [0.1, 0.15) is 5.82 Å². The van der Waals surface area contributed by atoms with E-state index in [1.165, 1.54) is 29.1 Å². The lowest BCUT2D eigenvalue weighted by Crippen LogP contribution is -2.04. The molecule has 1 aromatic heterocycles. The molecule has 2 aromatic rings. The molecule has 0 aliphatic carbocycles. The van der Waals surface area contributed by atoms with Crippen LogP contribution in [0.1, 0.15) is 17.4 Å². The third-order valence-corrected chi connectivity index (χ3v) is 2.44. The fourth-order valence-electron chi connectivity index (χ4n) is 1.32. The molecule has 2 rings (SSSR count). The molecular weight excluding hydrogens is 261 g/mol. The lowest BCUT2D eigenvalue weighted by Gasteiger charge is -2.00. The molecule has 0 aliphatic heterocycles. The third-order valence-electron chi connectivity index (χ3n) is 2.15. The minimum atomic E-state index is -0.558. The molecule has 1 heterocycles. The van der Waals surface area contributed by atoms with Crippen LogP contribution in [0.3, 0.4) is 0 Å². The van der Waals surface area contributed by atoms with E-state index in [2.05, 4.69) is 10.3 Å². The van der Waals surface area contributed by atoms with Gasteiger partial charge in [-0.3, -0.25) is 0 Å². The highest BCUT2D eigenvalue weighted by Crippen LogP contribution is 2.18. The van der Waals surface area contributed by atoms with Gasteiger partial charge in [-0.2, -0.15) is 0 Å². The van der Waals surface area contributed by atoms with E-state index >= 15 is 0 Å². The Morgan fingerprint density at radius 1 is 1.56 bits per heavy atom. The van der Waals surface area contributed by atoms with Crippen molar-refractivity contribution in [2.45, 2.75) is 6.92 Å². The quantitative estimate of drug-likeness (QED) is 0.802. The van der Waals surface area contributed by atoms with Crippen LogP contribution in [0.2, 0.25) is 5.02 Å². The first-order chi connectivity index (χ1) is 8.61. The number of carbonyl (C=O) groups excluding carboxylic acids is 1. The lowest BCUT2D eigenvalue weighted by molar-refractivity contribution is 0.0519. The topological polar surface area (TPSA) is 57.0 Å². The highest BCUT2D eigenvalue weighted by molar-refractivity contribution is 6.30. The molecule has 0 bridgehead atoms. The molecule has 0 atom stereocenters. The predicted molar refractivity (Wildman–Crippen MR) is 62.3 cm³/mol. The number of esters is 1. The molecule has 0 N–H and O–H groups in total. The van der Waals surface area contributed by atoms with Crippen LogP contribution in [-0.4, -0.2) is 27.6 Å². The Kier molecular flexibility index (Phi) is 3.57. The first kappa shape index (κ1) is 12.5. The van der Waals surface area contributed by atoms with E-state index < -0.39 is 11.8 Å². The van der Waals surface area contributed by atoms with Crippen molar-refractivity contribution in [2.24, 2.45) is 0 Å². The summed E-state index contributed by atoms with van der Waals surface area (Å²) in [4.78, 5) is 11.4. The van der Waals surface area contributed by atoms with Crippen molar-refractivity contribution in [3.05, 3.63) is 40.9 Å². The number of hydrogen-bond acceptors (Lipinski definition) is 4. The molecular formula is C11H9ClFN3O2. The average molecular weight is 270 g/mol. The number of aromatic nitrogens is 3. The standard InChI is InChI=1S/C11H9ClFN3O2/c1-2-18-11(17)10-6-16(15-14-10)7-3-4-9(13)8(12)5-7/h3-6H,2H2,1H3. The second kappa shape index (κ2) is 5.14. The van der Waals surface area contributed by atoms with Crippen LogP contribution in [0.4, 0.5) is 4.39 Å². The van der Waals surface area contributed by atoms with Gasteiger partial charge in [-0.15, -0.1) is 5.10 Å². The fraction of sp³-hybridized carbons (Fsp3) is 0.182. The molecule has 1 aromatic carbocycles. The number of hydrogen-bond donors (Lipinski definition) is 0. The van der Waals surface area contributed by atoms with Crippen LogP contribution in [-0.2, 0) is 4.74 Å². The molecule has 0 spiro atoms. The summed E-state index contributed by atoms with van der Waals surface area (Å²) in [7, 11) is 0. The summed E-state index contributed by atoms with van der Waals surface area (Å²) in [6.07, 6.45) is 1.39. The van der Waals surface area contributed by atoms with Crippen molar-refractivity contribution < 1.29 is 13.9 Å². The molecule has 0 amide bonds. The highest BCUT2D eigenvalue weighted by atomic mass is 35.5. The smallest absolute Gasteiger partial charge is 0.360 e. The van der Waals surface area contributed by atoms with E-state index in [-0.39, 0.29) is 17.3 Å². The first-order valence-electron chi connectivity index (χ1n) is 5.16. The minimum Gasteiger partial charge on any atom is -0.461 e. The third kappa shape index (κ3) is 2.48. The van der Waals surface area contributed by atoms with Crippen LogP contribution in [0, 0.1) is 5.82 Å². The van der Waals surface area contributed by atoms with Gasteiger partial charge in [0, 0.05) is 0 Å². The van der Waals surface area contributed by atoms with Gasteiger partial charge < -0.3 is 4.74 Å². The van der Waals surface area contributed by atoms with E-state index in [4.69, 9.17) is 16.3 Å². The van der Waals surface area contributed by atoms with Crippen LogP contribution in [0.5, 0.6) is 0 Å². The van der Waals surface area contributed by atoms with Crippen LogP contribution in [0.25, 0.3) is 5.69 Å². The van der Waals surface area contributed by atoms with E-state index in [1.807, 2.05) is 0 Å². The Bertz CT molecular complexity index is 585. The zero-order chi connectivity index (χ0) is 13.1. The Labute approximate surface area is 107 Å². The molecule has 0 radical (unpaired) electrons. The van der Waals surface area contributed by atoms with Crippen molar-refractivity contribution in [3.63, 3.8) is 0 Å².